The number of ether oxygens (including phenoxy) is 1. The predicted octanol–water partition coefficient (Wildman–Crippen LogP) is 4.82. The topological polar surface area (TPSA) is 63.6 Å². The van der Waals surface area contributed by atoms with Gasteiger partial charge in [0, 0.05) is 18.8 Å². The van der Waals surface area contributed by atoms with Crippen molar-refractivity contribution in [3.05, 3.63) is 47.5 Å². The molecule has 1 aromatic carbocycles. The number of aryl methyl sites for hydroxylation is 1. The predicted molar refractivity (Wildman–Crippen MR) is 116 cm³/mol. The van der Waals surface area contributed by atoms with Gasteiger partial charge in [0.25, 0.3) is 0 Å². The Bertz CT molecular complexity index is 679. The van der Waals surface area contributed by atoms with E-state index in [1.54, 1.807) is 0 Å². The van der Waals surface area contributed by atoms with Crippen molar-refractivity contribution in [3.63, 3.8) is 0 Å². The second kappa shape index (κ2) is 12.6. The zero-order valence-corrected chi connectivity index (χ0v) is 17.9. The van der Waals surface area contributed by atoms with Gasteiger partial charge in [0.1, 0.15) is 5.78 Å². The highest BCUT2D eigenvalue weighted by Gasteiger charge is 2.33. The molecule has 0 radical (unpaired) electrons. The molecular formula is C25H36O4. The summed E-state index contributed by atoms with van der Waals surface area (Å²) in [7, 11) is 1.41. The van der Waals surface area contributed by atoms with Crippen LogP contribution in [0.1, 0.15) is 69.4 Å². The molecule has 0 bridgehead atoms. The Labute approximate surface area is 175 Å². The van der Waals surface area contributed by atoms with Crippen molar-refractivity contribution < 1.29 is 19.4 Å². The molecule has 0 heterocycles. The Morgan fingerprint density at radius 3 is 2.72 bits per heavy atom. The molecule has 1 saturated carbocycles. The molecule has 4 nitrogen and oxygen atoms in total. The van der Waals surface area contributed by atoms with Gasteiger partial charge in [-0.1, -0.05) is 62.6 Å². The maximum Gasteiger partial charge on any atom is 0.305 e. The summed E-state index contributed by atoms with van der Waals surface area (Å²) in [5.74, 6) is 0.322. The van der Waals surface area contributed by atoms with Gasteiger partial charge in [-0.05, 0) is 49.1 Å². The smallest absolute Gasteiger partial charge is 0.305 e. The van der Waals surface area contributed by atoms with Gasteiger partial charge < -0.3 is 9.84 Å². The number of Topliss-reactive ketones (excluding diaryl/α,β-unsaturated/α-hetero) is 1. The van der Waals surface area contributed by atoms with Crippen LogP contribution in [-0.2, 0) is 27.2 Å². The average molecular weight is 401 g/mol. The van der Waals surface area contributed by atoms with Gasteiger partial charge in [0.2, 0.25) is 0 Å². The van der Waals surface area contributed by atoms with E-state index in [0.29, 0.717) is 18.6 Å². The molecule has 1 aliphatic rings. The third-order valence-corrected chi connectivity index (χ3v) is 5.95. The lowest BCUT2D eigenvalue weighted by atomic mass is 9.86. The van der Waals surface area contributed by atoms with Crippen molar-refractivity contribution >= 4 is 11.8 Å². The Hall–Kier alpha value is -1.94. The Morgan fingerprint density at radius 1 is 1.24 bits per heavy atom. The summed E-state index contributed by atoms with van der Waals surface area (Å²) in [6.45, 7) is 2.16. The first-order chi connectivity index (χ1) is 14.0. The van der Waals surface area contributed by atoms with Crippen molar-refractivity contribution in [3.8, 4) is 0 Å². The highest BCUT2D eigenvalue weighted by Crippen LogP contribution is 2.33. The van der Waals surface area contributed by atoms with Crippen LogP contribution in [0, 0.1) is 11.8 Å². The molecule has 1 fully saturated rings. The van der Waals surface area contributed by atoms with Crippen LogP contribution in [0.2, 0.25) is 0 Å². The monoisotopic (exact) mass is 400 g/mol. The van der Waals surface area contributed by atoms with E-state index in [4.69, 9.17) is 4.74 Å². The van der Waals surface area contributed by atoms with Crippen LogP contribution in [0.5, 0.6) is 0 Å². The minimum Gasteiger partial charge on any atom is -0.469 e. The number of rotatable bonds is 12. The maximum absolute atomic E-state index is 12.5. The fraction of sp³-hybridized carbons (Fsp3) is 0.600. The molecule has 0 spiro atoms. The van der Waals surface area contributed by atoms with Crippen LogP contribution in [0.15, 0.2) is 36.4 Å². The number of hydrogen-bond acceptors (Lipinski definition) is 4. The second-order valence-corrected chi connectivity index (χ2v) is 8.13. The molecule has 1 aromatic rings. The van der Waals surface area contributed by atoms with Crippen LogP contribution in [0.3, 0.4) is 0 Å². The summed E-state index contributed by atoms with van der Waals surface area (Å²) < 4.78 is 4.72. The van der Waals surface area contributed by atoms with E-state index in [-0.39, 0.29) is 17.8 Å². The van der Waals surface area contributed by atoms with Crippen LogP contribution >= 0.6 is 0 Å². The van der Waals surface area contributed by atoms with Gasteiger partial charge in [-0.2, -0.15) is 0 Å². The number of esters is 1. The van der Waals surface area contributed by atoms with Gasteiger partial charge in [0.15, 0.2) is 0 Å². The number of allylic oxidation sites excluding steroid dienone is 1. The third kappa shape index (κ3) is 7.77. The standard InChI is InChI=1S/C25H36O4/c1-3-4-5-12-22(26)16-14-20-15-17-24(27)23(20)18-21-10-7-6-9-19(21)11-8-13-25(28)29-2/h6-7,9-10,14,16,20,22-23,26H,3-5,8,11-13,15,17-18H2,1-2H3/t20-,22-,23+/m0/s1. The molecule has 0 saturated heterocycles. The molecule has 0 unspecified atom stereocenters. The highest BCUT2D eigenvalue weighted by molar-refractivity contribution is 5.84. The number of aliphatic hydroxyl groups is 1. The minimum absolute atomic E-state index is 0.0177. The molecule has 0 aliphatic heterocycles. The summed E-state index contributed by atoms with van der Waals surface area (Å²) in [6, 6.07) is 8.21. The van der Waals surface area contributed by atoms with Gasteiger partial charge >= 0.3 is 5.97 Å². The highest BCUT2D eigenvalue weighted by atomic mass is 16.5. The summed E-state index contributed by atoms with van der Waals surface area (Å²) in [5, 5.41) is 10.2. The second-order valence-electron chi connectivity index (χ2n) is 8.13. The van der Waals surface area contributed by atoms with Crippen molar-refractivity contribution in [1.29, 1.82) is 0 Å². The molecule has 29 heavy (non-hydrogen) atoms. The van der Waals surface area contributed by atoms with E-state index in [2.05, 4.69) is 25.1 Å². The van der Waals surface area contributed by atoms with Gasteiger partial charge in [-0.25, -0.2) is 0 Å². The van der Waals surface area contributed by atoms with E-state index >= 15 is 0 Å². The maximum atomic E-state index is 12.5. The van der Waals surface area contributed by atoms with Crippen molar-refractivity contribution in [2.75, 3.05) is 7.11 Å². The fourth-order valence-corrected chi connectivity index (χ4v) is 4.16. The number of ketones is 1. The first kappa shape index (κ1) is 23.3. The molecule has 160 valence electrons. The molecule has 4 heteroatoms. The third-order valence-electron chi connectivity index (χ3n) is 5.95. The number of unbranched alkanes of at least 4 members (excludes halogenated alkanes) is 2. The number of benzene rings is 1. The number of carbonyl (C=O) groups excluding carboxylic acids is 2. The van der Waals surface area contributed by atoms with E-state index < -0.39 is 6.10 Å². The molecule has 0 amide bonds. The zero-order valence-electron chi connectivity index (χ0n) is 17.9. The Balaban J connectivity index is 1.98. The number of aliphatic hydroxyl groups excluding tert-OH is 1. The summed E-state index contributed by atoms with van der Waals surface area (Å²) in [6.07, 6.45) is 11.9. The minimum atomic E-state index is -0.413. The van der Waals surface area contributed by atoms with Crippen LogP contribution in [0.4, 0.5) is 0 Å². The largest absolute Gasteiger partial charge is 0.469 e. The van der Waals surface area contributed by atoms with E-state index in [1.807, 2.05) is 18.2 Å². The van der Waals surface area contributed by atoms with E-state index in [0.717, 1.165) is 51.4 Å². The van der Waals surface area contributed by atoms with E-state index in [1.165, 1.54) is 18.2 Å². The van der Waals surface area contributed by atoms with Crippen LogP contribution in [-0.4, -0.2) is 30.1 Å². The Morgan fingerprint density at radius 2 is 2.00 bits per heavy atom. The zero-order chi connectivity index (χ0) is 21.1. The quantitative estimate of drug-likeness (QED) is 0.310. The van der Waals surface area contributed by atoms with Gasteiger partial charge in [-0.15, -0.1) is 0 Å². The van der Waals surface area contributed by atoms with E-state index in [9.17, 15) is 14.7 Å². The SMILES string of the molecule is CCCCC[C@H](O)C=C[C@H]1CCC(=O)[C@@H]1Cc1ccccc1CCCC(=O)OC. The van der Waals surface area contributed by atoms with Crippen LogP contribution in [0.25, 0.3) is 0 Å². The Kier molecular flexibility index (Phi) is 10.1. The summed E-state index contributed by atoms with van der Waals surface area (Å²) >= 11 is 0. The fourth-order valence-electron chi connectivity index (χ4n) is 4.16. The molecule has 3 atom stereocenters. The molecular weight excluding hydrogens is 364 g/mol. The molecule has 2 rings (SSSR count). The van der Waals surface area contributed by atoms with Crippen molar-refractivity contribution in [1.82, 2.24) is 0 Å². The lowest BCUT2D eigenvalue weighted by Crippen LogP contribution is -2.18. The number of methoxy groups -OCH3 is 1. The number of carbonyl (C=O) groups is 2. The average Bonchev–Trinajstić information content (AvgIpc) is 3.07. The lowest BCUT2D eigenvalue weighted by molar-refractivity contribution is -0.140. The normalized spacial score (nSPS) is 20.3. The lowest BCUT2D eigenvalue weighted by Gasteiger charge is -2.18. The van der Waals surface area contributed by atoms with Crippen LogP contribution < -0.4 is 0 Å². The summed E-state index contributed by atoms with van der Waals surface area (Å²) in [5.41, 5.74) is 2.40. The molecule has 1 N–H and O–H groups in total. The summed E-state index contributed by atoms with van der Waals surface area (Å²) in [4.78, 5) is 23.9. The molecule has 1 aliphatic carbocycles. The molecule has 0 aromatic heterocycles. The first-order valence-corrected chi connectivity index (χ1v) is 11.1. The van der Waals surface area contributed by atoms with Gasteiger partial charge in [-0.3, -0.25) is 9.59 Å². The van der Waals surface area contributed by atoms with Crippen molar-refractivity contribution in [2.45, 2.75) is 77.2 Å². The number of hydrogen-bond donors (Lipinski definition) is 1. The van der Waals surface area contributed by atoms with Gasteiger partial charge in [0.05, 0.1) is 13.2 Å². The first-order valence-electron chi connectivity index (χ1n) is 11.1. The van der Waals surface area contributed by atoms with Crippen molar-refractivity contribution in [2.24, 2.45) is 11.8 Å².